The average molecular weight is 519 g/mol. The number of nitrogens with two attached hydrogens (primary N) is 1. The molecule has 0 aromatic carbocycles. The summed E-state index contributed by atoms with van der Waals surface area (Å²) in [4.78, 5) is 29.9. The van der Waals surface area contributed by atoms with Crippen molar-refractivity contribution in [3.63, 3.8) is 0 Å². The number of hydrogen-bond donors (Lipinski definition) is 2. The summed E-state index contributed by atoms with van der Waals surface area (Å²) in [7, 11) is 0. The van der Waals surface area contributed by atoms with Gasteiger partial charge in [-0.15, -0.1) is 0 Å². The molecule has 1 atom stereocenters. The number of fused-ring (bicyclic) bond motifs is 1. The van der Waals surface area contributed by atoms with Crippen molar-refractivity contribution in [1.82, 2.24) is 24.8 Å². The maximum atomic E-state index is 14.6. The average Bonchev–Trinajstić information content (AvgIpc) is 3.32. The Kier molecular flexibility index (Phi) is 9.83. The molecule has 37 heavy (non-hydrogen) atoms. The molecule has 3 aromatic rings. The first-order valence-corrected chi connectivity index (χ1v) is 12.4. The van der Waals surface area contributed by atoms with Crippen molar-refractivity contribution >= 4 is 16.9 Å². The van der Waals surface area contributed by atoms with Gasteiger partial charge in [0.05, 0.1) is 51.1 Å². The first-order valence-electron chi connectivity index (χ1n) is 12.4. The molecular weight excluding hydrogens is 486 g/mol. The van der Waals surface area contributed by atoms with E-state index in [-0.39, 0.29) is 24.1 Å². The van der Waals surface area contributed by atoms with Crippen LogP contribution in [0.3, 0.4) is 0 Å². The van der Waals surface area contributed by atoms with E-state index in [4.69, 9.17) is 19.9 Å². The largest absolute Gasteiger partial charge is 0.378 e. The Hall–Kier alpha value is -3.06. The van der Waals surface area contributed by atoms with Gasteiger partial charge in [0.2, 0.25) is 5.91 Å². The molecule has 200 valence electrons. The van der Waals surface area contributed by atoms with E-state index >= 15 is 0 Å². The lowest BCUT2D eigenvalue weighted by Crippen LogP contribution is -2.42. The lowest BCUT2D eigenvalue weighted by Gasteiger charge is -2.32. The van der Waals surface area contributed by atoms with E-state index in [1.807, 2.05) is 0 Å². The highest BCUT2D eigenvalue weighted by Crippen LogP contribution is 2.27. The number of aromatic nitrogens is 4. The molecule has 12 heteroatoms. The maximum absolute atomic E-state index is 14.6. The number of amides is 1. The molecule has 0 unspecified atom stereocenters. The van der Waals surface area contributed by atoms with Gasteiger partial charge in [-0.05, 0) is 31.2 Å². The quantitative estimate of drug-likeness (QED) is 0.329. The number of hydrogen-bond acceptors (Lipinski definition) is 8. The second-order valence-electron chi connectivity index (χ2n) is 8.86. The monoisotopic (exact) mass is 518 g/mol. The molecule has 1 saturated heterocycles. The van der Waals surface area contributed by atoms with Crippen LogP contribution in [0.15, 0.2) is 24.7 Å². The van der Waals surface area contributed by atoms with Crippen molar-refractivity contribution in [2.45, 2.75) is 19.3 Å². The molecule has 1 amide bonds. The number of nitrogens with zero attached hydrogens (tertiary/aromatic N) is 4. The second kappa shape index (κ2) is 13.5. The van der Waals surface area contributed by atoms with Gasteiger partial charge in [0.1, 0.15) is 18.1 Å². The number of pyridine rings is 1. The summed E-state index contributed by atoms with van der Waals surface area (Å²) in [5.74, 6) is -0.748. The molecule has 0 radical (unpaired) electrons. The number of piperidine rings is 1. The molecule has 0 saturated carbocycles. The maximum Gasteiger partial charge on any atom is 0.248 e. The highest BCUT2D eigenvalue weighted by Gasteiger charge is 2.25. The zero-order valence-corrected chi connectivity index (χ0v) is 20.6. The number of H-pyrrole nitrogens is 1. The Morgan fingerprint density at radius 2 is 1.89 bits per heavy atom. The van der Waals surface area contributed by atoms with E-state index in [2.05, 4.69) is 19.9 Å². The summed E-state index contributed by atoms with van der Waals surface area (Å²) in [6.45, 7) is 3.67. The number of nitrogens with one attached hydrogen (secondary N) is 1. The van der Waals surface area contributed by atoms with E-state index in [0.717, 1.165) is 25.2 Å². The van der Waals surface area contributed by atoms with Gasteiger partial charge in [-0.3, -0.25) is 4.79 Å². The Morgan fingerprint density at radius 3 is 2.70 bits per heavy atom. The summed E-state index contributed by atoms with van der Waals surface area (Å²) in [6, 6.07) is 1.34. The van der Waals surface area contributed by atoms with E-state index in [1.165, 1.54) is 6.07 Å². The van der Waals surface area contributed by atoms with Gasteiger partial charge in [0.25, 0.3) is 0 Å². The van der Waals surface area contributed by atoms with Crippen molar-refractivity contribution < 1.29 is 27.8 Å². The molecule has 1 aliphatic rings. The van der Waals surface area contributed by atoms with Gasteiger partial charge in [0, 0.05) is 36.8 Å². The smallest absolute Gasteiger partial charge is 0.248 e. The minimum atomic E-state index is -0.506. The predicted octanol–water partition coefficient (Wildman–Crippen LogP) is 2.09. The number of carbonyl (C=O) groups excluding carboxylic acids is 1. The minimum Gasteiger partial charge on any atom is -0.378 e. The van der Waals surface area contributed by atoms with Gasteiger partial charge < -0.3 is 29.8 Å². The lowest BCUT2D eigenvalue weighted by molar-refractivity contribution is -0.138. The van der Waals surface area contributed by atoms with Crippen LogP contribution in [0.25, 0.3) is 22.4 Å². The van der Waals surface area contributed by atoms with Crippen LogP contribution in [-0.4, -0.2) is 90.0 Å². The van der Waals surface area contributed by atoms with E-state index in [9.17, 15) is 13.6 Å². The first-order chi connectivity index (χ1) is 18.0. The molecule has 0 bridgehead atoms. The number of likely N-dealkylation sites (tertiary alicyclic amines) is 1. The molecule has 1 aliphatic heterocycles. The molecule has 1 fully saturated rings. The zero-order chi connectivity index (χ0) is 26.0. The number of aromatic amines is 1. The third-order valence-corrected chi connectivity index (χ3v) is 6.14. The highest BCUT2D eigenvalue weighted by atomic mass is 19.1. The van der Waals surface area contributed by atoms with Crippen molar-refractivity contribution in [3.05, 3.63) is 42.0 Å². The third kappa shape index (κ3) is 7.48. The fourth-order valence-corrected chi connectivity index (χ4v) is 4.34. The van der Waals surface area contributed by atoms with E-state index < -0.39 is 11.6 Å². The van der Waals surface area contributed by atoms with Crippen molar-refractivity contribution in [2.24, 2.45) is 11.7 Å². The summed E-state index contributed by atoms with van der Waals surface area (Å²) < 4.78 is 44.4. The molecule has 10 nitrogen and oxygen atoms in total. The molecule has 0 spiro atoms. The Labute approximate surface area is 213 Å². The van der Waals surface area contributed by atoms with Gasteiger partial charge in [-0.1, -0.05) is 0 Å². The fourth-order valence-electron chi connectivity index (χ4n) is 4.34. The summed E-state index contributed by atoms with van der Waals surface area (Å²) in [5, 5.41) is 0.525. The van der Waals surface area contributed by atoms with Crippen molar-refractivity contribution in [1.29, 1.82) is 0 Å². The number of ether oxygens (including phenoxy) is 3. The van der Waals surface area contributed by atoms with Gasteiger partial charge in [-0.25, -0.2) is 23.7 Å². The van der Waals surface area contributed by atoms with Crippen LogP contribution in [0.5, 0.6) is 0 Å². The van der Waals surface area contributed by atoms with Crippen LogP contribution in [0.1, 0.15) is 18.5 Å². The van der Waals surface area contributed by atoms with Crippen LogP contribution in [0, 0.1) is 17.6 Å². The standard InChI is InChI=1S/C25H32F2N6O4/c26-18-11-19-20(13-30-24(19)29-12-18)25-31-14-21(27)22(32-25)10-17-2-1-4-33(15-17)23(34)16-37-9-8-36-7-6-35-5-3-28/h11-14,17H,1-10,15-16,28H2,(H,29,30)/t17-/m1/s1. The molecule has 3 aromatic heterocycles. The first kappa shape index (κ1) is 27.0. The predicted molar refractivity (Wildman–Crippen MR) is 132 cm³/mol. The lowest BCUT2D eigenvalue weighted by atomic mass is 9.93. The molecule has 3 N–H and O–H groups in total. The Bertz CT molecular complexity index is 1180. The zero-order valence-electron chi connectivity index (χ0n) is 20.6. The van der Waals surface area contributed by atoms with Crippen LogP contribution in [0.4, 0.5) is 8.78 Å². The third-order valence-electron chi connectivity index (χ3n) is 6.14. The number of carbonyl (C=O) groups is 1. The summed E-state index contributed by atoms with van der Waals surface area (Å²) in [5.41, 5.74) is 6.66. The van der Waals surface area contributed by atoms with Crippen LogP contribution in [0.2, 0.25) is 0 Å². The summed E-state index contributed by atoms with van der Waals surface area (Å²) in [6.07, 6.45) is 5.92. The minimum absolute atomic E-state index is 0.0308. The van der Waals surface area contributed by atoms with E-state index in [1.54, 1.807) is 11.1 Å². The second-order valence-corrected chi connectivity index (χ2v) is 8.86. The van der Waals surface area contributed by atoms with Gasteiger partial charge >= 0.3 is 0 Å². The van der Waals surface area contributed by atoms with Crippen molar-refractivity contribution in [3.8, 4) is 11.4 Å². The van der Waals surface area contributed by atoms with Gasteiger partial charge in [-0.2, -0.15) is 0 Å². The number of rotatable bonds is 13. The summed E-state index contributed by atoms with van der Waals surface area (Å²) >= 11 is 0. The van der Waals surface area contributed by atoms with E-state index in [0.29, 0.717) is 81.5 Å². The Balaban J connectivity index is 1.28. The normalized spacial score (nSPS) is 16.0. The molecule has 4 heterocycles. The fraction of sp³-hybridized carbons (Fsp3) is 0.520. The topological polar surface area (TPSA) is 128 Å². The van der Waals surface area contributed by atoms with Crippen LogP contribution in [-0.2, 0) is 25.4 Å². The highest BCUT2D eigenvalue weighted by molar-refractivity contribution is 5.91. The molecule has 0 aliphatic carbocycles. The Morgan fingerprint density at radius 1 is 1.11 bits per heavy atom. The van der Waals surface area contributed by atoms with Crippen LogP contribution >= 0.6 is 0 Å². The van der Waals surface area contributed by atoms with Crippen LogP contribution < -0.4 is 5.73 Å². The number of halogens is 2. The van der Waals surface area contributed by atoms with Crippen molar-refractivity contribution in [2.75, 3.05) is 59.3 Å². The molecule has 4 rings (SSSR count). The molecular formula is C25H32F2N6O4. The van der Waals surface area contributed by atoms with Gasteiger partial charge in [0.15, 0.2) is 11.6 Å². The SMILES string of the molecule is NCCOCCOCCOCC(=O)N1CCC[C@H](Cc2nc(-c3c[nH]c4ncc(F)cc34)ncc2F)C1.